The van der Waals surface area contributed by atoms with Gasteiger partial charge in [-0.2, -0.15) is 13.2 Å². The summed E-state index contributed by atoms with van der Waals surface area (Å²) in [6.45, 7) is 5.98. The van der Waals surface area contributed by atoms with Crippen LogP contribution in [0.3, 0.4) is 0 Å². The molecule has 208 valence electrons. The third kappa shape index (κ3) is 5.93. The number of morpholine rings is 1. The Hall–Kier alpha value is -4.02. The Balaban J connectivity index is 1.41. The molecule has 0 bridgehead atoms. The van der Waals surface area contributed by atoms with Crippen LogP contribution in [-0.2, 0) is 24.4 Å². The van der Waals surface area contributed by atoms with Crippen LogP contribution in [0.25, 0.3) is 22.0 Å². The van der Waals surface area contributed by atoms with E-state index in [2.05, 4.69) is 15.2 Å². The second-order valence-electron chi connectivity index (χ2n) is 9.92. The standard InChI is InChI=1S/C30H29F3N4O3/c1-19-6-7-24(35-28(38)20-4-3-5-22(14-20)30(31,32)33)16-25(19)26-15-21-18-34-23(17-27(21)36(2)29(26)39)8-9-37-10-12-40-13-11-37/h3-7,14-18H,8-13H2,1-2H3,(H,35,38). The second-order valence-corrected chi connectivity index (χ2v) is 9.92. The molecule has 1 fully saturated rings. The SMILES string of the molecule is Cc1ccc(NC(=O)c2cccc(C(F)(F)F)c2)cc1-c1cc2cnc(CCN3CCOCC3)cc2n(C)c1=O. The first-order valence-electron chi connectivity index (χ1n) is 13.0. The lowest BCUT2D eigenvalue weighted by molar-refractivity contribution is -0.137. The van der Waals surface area contributed by atoms with Crippen LogP contribution in [0.5, 0.6) is 0 Å². The smallest absolute Gasteiger partial charge is 0.379 e. The highest BCUT2D eigenvalue weighted by atomic mass is 19.4. The van der Waals surface area contributed by atoms with E-state index in [1.165, 1.54) is 12.1 Å². The number of pyridine rings is 2. The van der Waals surface area contributed by atoms with Gasteiger partial charge in [0.25, 0.3) is 11.5 Å². The van der Waals surface area contributed by atoms with E-state index in [9.17, 15) is 22.8 Å². The van der Waals surface area contributed by atoms with E-state index in [1.54, 1.807) is 42.1 Å². The molecule has 1 aliphatic heterocycles. The van der Waals surface area contributed by atoms with Gasteiger partial charge in [0.15, 0.2) is 0 Å². The minimum Gasteiger partial charge on any atom is -0.379 e. The molecule has 5 rings (SSSR count). The predicted molar refractivity (Wildman–Crippen MR) is 148 cm³/mol. The summed E-state index contributed by atoms with van der Waals surface area (Å²) in [6.07, 6.45) is -2.03. The van der Waals surface area contributed by atoms with Crippen molar-refractivity contribution in [1.29, 1.82) is 0 Å². The number of nitrogens with zero attached hydrogens (tertiary/aromatic N) is 3. The number of carbonyl (C=O) groups excluding carboxylic acids is 1. The van der Waals surface area contributed by atoms with Crippen molar-refractivity contribution < 1.29 is 22.7 Å². The first-order valence-corrected chi connectivity index (χ1v) is 13.0. The number of benzene rings is 2. The number of ether oxygens (including phenoxy) is 1. The van der Waals surface area contributed by atoms with E-state index in [0.717, 1.165) is 73.6 Å². The number of rotatable bonds is 6. The molecule has 0 radical (unpaired) electrons. The highest BCUT2D eigenvalue weighted by Crippen LogP contribution is 2.30. The highest BCUT2D eigenvalue weighted by Gasteiger charge is 2.31. The number of hydrogen-bond donors (Lipinski definition) is 1. The van der Waals surface area contributed by atoms with Gasteiger partial charge in [0.1, 0.15) is 0 Å². The van der Waals surface area contributed by atoms with Crippen LogP contribution in [0.2, 0.25) is 0 Å². The number of anilines is 1. The third-order valence-corrected chi connectivity index (χ3v) is 7.19. The van der Waals surface area contributed by atoms with Crippen LogP contribution in [0.15, 0.2) is 65.6 Å². The van der Waals surface area contributed by atoms with Crippen molar-refractivity contribution in [2.24, 2.45) is 7.05 Å². The number of aryl methyl sites for hydroxylation is 2. The second kappa shape index (κ2) is 11.2. The van der Waals surface area contributed by atoms with Crippen molar-refractivity contribution in [3.05, 3.63) is 93.5 Å². The van der Waals surface area contributed by atoms with Crippen molar-refractivity contribution >= 4 is 22.5 Å². The lowest BCUT2D eigenvalue weighted by Gasteiger charge is -2.26. The molecule has 1 N–H and O–H groups in total. The van der Waals surface area contributed by atoms with Gasteiger partial charge in [-0.1, -0.05) is 12.1 Å². The van der Waals surface area contributed by atoms with Crippen molar-refractivity contribution in [3.8, 4) is 11.1 Å². The minimum absolute atomic E-state index is 0.117. The first-order chi connectivity index (χ1) is 19.1. The third-order valence-electron chi connectivity index (χ3n) is 7.19. The van der Waals surface area contributed by atoms with E-state index in [4.69, 9.17) is 4.74 Å². The summed E-state index contributed by atoms with van der Waals surface area (Å²) in [5.41, 5.74) is 2.67. The average molecular weight is 551 g/mol. The topological polar surface area (TPSA) is 76.5 Å². The Morgan fingerprint density at radius 1 is 1.05 bits per heavy atom. The fourth-order valence-corrected chi connectivity index (χ4v) is 4.86. The van der Waals surface area contributed by atoms with Crippen LogP contribution in [0.4, 0.5) is 18.9 Å². The summed E-state index contributed by atoms with van der Waals surface area (Å²) in [5.74, 6) is -0.680. The summed E-state index contributed by atoms with van der Waals surface area (Å²) in [4.78, 5) is 33.2. The molecule has 4 aromatic rings. The summed E-state index contributed by atoms with van der Waals surface area (Å²) >= 11 is 0. The monoisotopic (exact) mass is 550 g/mol. The Bertz CT molecular complexity index is 1630. The number of halogens is 3. The van der Waals surface area contributed by atoms with Gasteiger partial charge in [-0.3, -0.25) is 19.5 Å². The minimum atomic E-state index is -4.55. The van der Waals surface area contributed by atoms with E-state index in [-0.39, 0.29) is 11.1 Å². The molecule has 1 amide bonds. The molecule has 3 heterocycles. The zero-order valence-electron chi connectivity index (χ0n) is 22.2. The Kier molecular flexibility index (Phi) is 7.73. The van der Waals surface area contributed by atoms with Crippen molar-refractivity contribution in [2.45, 2.75) is 19.5 Å². The summed E-state index contributed by atoms with van der Waals surface area (Å²) < 4.78 is 46.3. The maximum absolute atomic E-state index is 13.5. The number of fused-ring (bicyclic) bond motifs is 1. The van der Waals surface area contributed by atoms with Gasteiger partial charge < -0.3 is 14.6 Å². The van der Waals surface area contributed by atoms with Crippen LogP contribution >= 0.6 is 0 Å². The van der Waals surface area contributed by atoms with Gasteiger partial charge in [0, 0.05) is 67.2 Å². The summed E-state index contributed by atoms with van der Waals surface area (Å²) in [7, 11) is 1.72. The van der Waals surface area contributed by atoms with Crippen LogP contribution < -0.4 is 10.9 Å². The molecule has 0 aliphatic carbocycles. The normalized spacial score (nSPS) is 14.4. The lowest BCUT2D eigenvalue weighted by atomic mass is 9.99. The fraction of sp³-hybridized carbons (Fsp3) is 0.300. The van der Waals surface area contributed by atoms with Crippen molar-refractivity contribution in [1.82, 2.24) is 14.5 Å². The molecule has 0 spiro atoms. The van der Waals surface area contributed by atoms with Gasteiger partial charge >= 0.3 is 6.18 Å². The van der Waals surface area contributed by atoms with Crippen molar-refractivity contribution in [3.63, 3.8) is 0 Å². The molecule has 1 aliphatic rings. The van der Waals surface area contributed by atoms with E-state index in [0.29, 0.717) is 16.8 Å². The van der Waals surface area contributed by atoms with Crippen LogP contribution in [0, 0.1) is 6.92 Å². The van der Waals surface area contributed by atoms with E-state index in [1.807, 2.05) is 13.0 Å². The molecule has 0 atom stereocenters. The van der Waals surface area contributed by atoms with Gasteiger partial charge in [-0.05, 0) is 60.5 Å². The van der Waals surface area contributed by atoms with Gasteiger partial charge in [0.05, 0.1) is 24.3 Å². The molecule has 2 aromatic carbocycles. The molecule has 2 aromatic heterocycles. The zero-order chi connectivity index (χ0) is 28.4. The average Bonchev–Trinajstić information content (AvgIpc) is 2.95. The maximum Gasteiger partial charge on any atom is 0.416 e. The zero-order valence-corrected chi connectivity index (χ0v) is 22.2. The lowest BCUT2D eigenvalue weighted by Crippen LogP contribution is -2.37. The number of alkyl halides is 3. The van der Waals surface area contributed by atoms with Gasteiger partial charge in [-0.15, -0.1) is 0 Å². The molecule has 0 unspecified atom stereocenters. The Morgan fingerprint density at radius 3 is 2.58 bits per heavy atom. The Morgan fingerprint density at radius 2 is 1.82 bits per heavy atom. The highest BCUT2D eigenvalue weighted by molar-refractivity contribution is 6.04. The number of nitrogens with one attached hydrogen (secondary N) is 1. The number of hydrogen-bond acceptors (Lipinski definition) is 5. The van der Waals surface area contributed by atoms with Gasteiger partial charge in [0.2, 0.25) is 0 Å². The maximum atomic E-state index is 13.5. The van der Waals surface area contributed by atoms with E-state index < -0.39 is 17.6 Å². The molecular weight excluding hydrogens is 521 g/mol. The first kappa shape index (κ1) is 27.5. The Labute approximate surface area is 229 Å². The van der Waals surface area contributed by atoms with Crippen molar-refractivity contribution in [2.75, 3.05) is 38.2 Å². The summed E-state index contributed by atoms with van der Waals surface area (Å²) in [6, 6.07) is 13.0. The molecule has 7 nitrogen and oxygen atoms in total. The molecular formula is C30H29F3N4O3. The molecule has 10 heteroatoms. The molecule has 40 heavy (non-hydrogen) atoms. The molecule has 0 saturated carbocycles. The molecule has 1 saturated heterocycles. The van der Waals surface area contributed by atoms with Crippen LogP contribution in [0.1, 0.15) is 27.2 Å². The summed E-state index contributed by atoms with van der Waals surface area (Å²) in [5, 5.41) is 3.45. The largest absolute Gasteiger partial charge is 0.416 e. The van der Waals surface area contributed by atoms with Gasteiger partial charge in [-0.25, -0.2) is 0 Å². The fourth-order valence-electron chi connectivity index (χ4n) is 4.86. The van der Waals surface area contributed by atoms with E-state index >= 15 is 0 Å². The number of aromatic nitrogens is 2. The van der Waals surface area contributed by atoms with Crippen LogP contribution in [-0.4, -0.2) is 53.2 Å². The quantitative estimate of drug-likeness (QED) is 0.364. The predicted octanol–water partition coefficient (Wildman–Crippen LogP) is 5.05. The number of carbonyl (C=O) groups is 1. The number of amides is 1.